The molecule has 0 spiro atoms. The van der Waals surface area contributed by atoms with E-state index in [9.17, 15) is 4.79 Å². The fourth-order valence-corrected chi connectivity index (χ4v) is 2.92. The predicted octanol–water partition coefficient (Wildman–Crippen LogP) is 3.05. The molecule has 1 aliphatic rings. The third kappa shape index (κ3) is 2.78. The summed E-state index contributed by atoms with van der Waals surface area (Å²) >= 11 is 3.44. The highest BCUT2D eigenvalue weighted by atomic mass is 79.9. The number of benzene rings is 1. The second-order valence-corrected chi connectivity index (χ2v) is 5.79. The fourth-order valence-electron chi connectivity index (χ4n) is 2.50. The van der Waals surface area contributed by atoms with Gasteiger partial charge >= 0.3 is 0 Å². The van der Waals surface area contributed by atoms with Crippen molar-refractivity contribution < 1.29 is 9.53 Å². The Hall–Kier alpha value is -1.88. The van der Waals surface area contributed by atoms with Crippen LogP contribution in [0.2, 0.25) is 0 Å². The van der Waals surface area contributed by atoms with E-state index < -0.39 is 0 Å². The molecule has 5 heteroatoms. The summed E-state index contributed by atoms with van der Waals surface area (Å²) in [5.74, 6) is 0.691. The fraction of sp³-hybridized carbons (Fsp3) is 0.250. The Kier molecular flexibility index (Phi) is 3.92. The van der Waals surface area contributed by atoms with Gasteiger partial charge in [-0.05, 0) is 45.8 Å². The normalized spacial score (nSPS) is 13.7. The van der Waals surface area contributed by atoms with Crippen LogP contribution in [0.25, 0.3) is 0 Å². The van der Waals surface area contributed by atoms with Crippen LogP contribution in [0.15, 0.2) is 41.0 Å². The molecule has 0 bridgehead atoms. The van der Waals surface area contributed by atoms with Crippen molar-refractivity contribution in [1.82, 2.24) is 9.88 Å². The molecule has 1 aromatic heterocycles. The van der Waals surface area contributed by atoms with Crippen LogP contribution >= 0.6 is 15.9 Å². The SMILES string of the molecule is COc1ccc(Br)c(C(=O)N2CCc3ncccc3C2)c1. The van der Waals surface area contributed by atoms with Crippen LogP contribution < -0.4 is 4.74 Å². The van der Waals surface area contributed by atoms with Gasteiger partial charge in [0.1, 0.15) is 5.75 Å². The molecule has 21 heavy (non-hydrogen) atoms. The van der Waals surface area contributed by atoms with E-state index in [1.165, 1.54) is 0 Å². The summed E-state index contributed by atoms with van der Waals surface area (Å²) in [5.41, 5.74) is 2.84. The molecule has 0 radical (unpaired) electrons. The Bertz CT molecular complexity index is 688. The molecule has 0 saturated carbocycles. The quantitative estimate of drug-likeness (QED) is 0.839. The number of amides is 1. The molecule has 108 valence electrons. The highest BCUT2D eigenvalue weighted by molar-refractivity contribution is 9.10. The van der Waals surface area contributed by atoms with Gasteiger partial charge in [0.05, 0.1) is 12.7 Å². The molecule has 1 amide bonds. The van der Waals surface area contributed by atoms with Gasteiger partial charge in [-0.15, -0.1) is 0 Å². The number of aromatic nitrogens is 1. The number of pyridine rings is 1. The number of rotatable bonds is 2. The molecule has 0 fully saturated rings. The smallest absolute Gasteiger partial charge is 0.255 e. The molecule has 2 aromatic rings. The molecule has 1 aromatic carbocycles. The number of halogens is 1. The number of methoxy groups -OCH3 is 1. The number of ether oxygens (including phenoxy) is 1. The van der Waals surface area contributed by atoms with E-state index in [4.69, 9.17) is 4.74 Å². The first kappa shape index (κ1) is 14.1. The van der Waals surface area contributed by atoms with Gasteiger partial charge in [0, 0.05) is 35.9 Å². The molecular formula is C16H15BrN2O2. The minimum atomic E-state index is 0.00952. The zero-order chi connectivity index (χ0) is 14.8. The predicted molar refractivity (Wildman–Crippen MR) is 83.4 cm³/mol. The van der Waals surface area contributed by atoms with Gasteiger partial charge < -0.3 is 9.64 Å². The minimum absolute atomic E-state index is 0.00952. The third-order valence-electron chi connectivity index (χ3n) is 3.66. The van der Waals surface area contributed by atoms with Crippen LogP contribution in [0.1, 0.15) is 21.6 Å². The third-order valence-corrected chi connectivity index (χ3v) is 4.35. The van der Waals surface area contributed by atoms with Crippen LogP contribution in [0.4, 0.5) is 0 Å². The van der Waals surface area contributed by atoms with E-state index in [-0.39, 0.29) is 5.91 Å². The Morgan fingerprint density at radius 1 is 1.38 bits per heavy atom. The second-order valence-electron chi connectivity index (χ2n) is 4.93. The lowest BCUT2D eigenvalue weighted by Crippen LogP contribution is -2.36. The van der Waals surface area contributed by atoms with Crippen LogP contribution in [-0.4, -0.2) is 29.4 Å². The summed E-state index contributed by atoms with van der Waals surface area (Å²) < 4.78 is 5.98. The topological polar surface area (TPSA) is 42.4 Å². The first-order valence-corrected chi connectivity index (χ1v) is 7.54. The molecule has 0 aliphatic carbocycles. The van der Waals surface area contributed by atoms with Crippen molar-refractivity contribution >= 4 is 21.8 Å². The molecule has 0 N–H and O–H groups in total. The van der Waals surface area contributed by atoms with Crippen molar-refractivity contribution in [1.29, 1.82) is 0 Å². The number of carbonyl (C=O) groups is 1. The van der Waals surface area contributed by atoms with Crippen LogP contribution in [0.5, 0.6) is 5.75 Å². The van der Waals surface area contributed by atoms with E-state index in [0.29, 0.717) is 24.4 Å². The number of nitrogens with zero attached hydrogens (tertiary/aromatic N) is 2. The van der Waals surface area contributed by atoms with Crippen molar-refractivity contribution in [2.45, 2.75) is 13.0 Å². The molecule has 0 saturated heterocycles. The summed E-state index contributed by atoms with van der Waals surface area (Å²) in [7, 11) is 1.60. The number of hydrogen-bond acceptors (Lipinski definition) is 3. The van der Waals surface area contributed by atoms with Crippen LogP contribution in [-0.2, 0) is 13.0 Å². The first-order valence-electron chi connectivity index (χ1n) is 6.74. The highest BCUT2D eigenvalue weighted by Gasteiger charge is 2.23. The lowest BCUT2D eigenvalue weighted by Gasteiger charge is -2.28. The molecule has 2 heterocycles. The zero-order valence-electron chi connectivity index (χ0n) is 11.7. The maximum absolute atomic E-state index is 12.7. The maximum atomic E-state index is 12.7. The average Bonchev–Trinajstić information content (AvgIpc) is 2.54. The van der Waals surface area contributed by atoms with E-state index in [0.717, 1.165) is 22.2 Å². The number of carbonyl (C=O) groups excluding carboxylic acids is 1. The second kappa shape index (κ2) is 5.85. The summed E-state index contributed by atoms with van der Waals surface area (Å²) in [5, 5.41) is 0. The van der Waals surface area contributed by atoms with Gasteiger partial charge in [-0.25, -0.2) is 0 Å². The lowest BCUT2D eigenvalue weighted by molar-refractivity contribution is 0.0732. The van der Waals surface area contributed by atoms with Gasteiger partial charge in [0.25, 0.3) is 5.91 Å². The van der Waals surface area contributed by atoms with Crippen molar-refractivity contribution in [2.24, 2.45) is 0 Å². The van der Waals surface area contributed by atoms with Crippen LogP contribution in [0.3, 0.4) is 0 Å². The lowest BCUT2D eigenvalue weighted by atomic mass is 10.0. The van der Waals surface area contributed by atoms with Gasteiger partial charge in [0.15, 0.2) is 0 Å². The Labute approximate surface area is 131 Å². The summed E-state index contributed by atoms with van der Waals surface area (Å²) in [6, 6.07) is 9.38. The molecule has 0 unspecified atom stereocenters. The van der Waals surface area contributed by atoms with Crippen molar-refractivity contribution in [3.63, 3.8) is 0 Å². The summed E-state index contributed by atoms with van der Waals surface area (Å²) in [4.78, 5) is 18.9. The van der Waals surface area contributed by atoms with Gasteiger partial charge in [-0.1, -0.05) is 6.07 Å². The largest absolute Gasteiger partial charge is 0.497 e. The van der Waals surface area contributed by atoms with E-state index in [2.05, 4.69) is 20.9 Å². The highest BCUT2D eigenvalue weighted by Crippen LogP contribution is 2.26. The summed E-state index contributed by atoms with van der Waals surface area (Å²) in [6.45, 7) is 1.29. The molecule has 0 atom stereocenters. The van der Waals surface area contributed by atoms with E-state index in [1.54, 1.807) is 19.4 Å². The van der Waals surface area contributed by atoms with Gasteiger partial charge in [0.2, 0.25) is 0 Å². The van der Waals surface area contributed by atoms with Crippen molar-refractivity contribution in [2.75, 3.05) is 13.7 Å². The van der Waals surface area contributed by atoms with Gasteiger partial charge in [-0.3, -0.25) is 9.78 Å². The molecular weight excluding hydrogens is 332 g/mol. The van der Waals surface area contributed by atoms with Crippen LogP contribution in [0, 0.1) is 0 Å². The maximum Gasteiger partial charge on any atom is 0.255 e. The Morgan fingerprint density at radius 3 is 3.05 bits per heavy atom. The average molecular weight is 347 g/mol. The van der Waals surface area contributed by atoms with Gasteiger partial charge in [-0.2, -0.15) is 0 Å². The minimum Gasteiger partial charge on any atom is -0.497 e. The van der Waals surface area contributed by atoms with Crippen molar-refractivity contribution in [3.05, 3.63) is 57.8 Å². The standard InChI is InChI=1S/C16H15BrN2O2/c1-21-12-4-5-14(17)13(9-12)16(20)19-8-6-15-11(10-19)3-2-7-18-15/h2-5,7,9H,6,8,10H2,1H3. The molecule has 3 rings (SSSR count). The monoisotopic (exact) mass is 346 g/mol. The Balaban J connectivity index is 1.87. The number of fused-ring (bicyclic) bond motifs is 1. The Morgan fingerprint density at radius 2 is 2.24 bits per heavy atom. The first-order chi connectivity index (χ1) is 10.2. The van der Waals surface area contributed by atoms with E-state index >= 15 is 0 Å². The van der Waals surface area contributed by atoms with E-state index in [1.807, 2.05) is 29.2 Å². The number of hydrogen-bond donors (Lipinski definition) is 0. The summed E-state index contributed by atoms with van der Waals surface area (Å²) in [6.07, 6.45) is 2.60. The molecule has 4 nitrogen and oxygen atoms in total. The zero-order valence-corrected chi connectivity index (χ0v) is 13.3. The molecule has 1 aliphatic heterocycles. The van der Waals surface area contributed by atoms with Crippen molar-refractivity contribution in [3.8, 4) is 5.75 Å².